The minimum absolute atomic E-state index is 0.00657. The van der Waals surface area contributed by atoms with Crippen LogP contribution in [0.15, 0.2) is 42.5 Å². The van der Waals surface area contributed by atoms with Crippen LogP contribution in [0.3, 0.4) is 0 Å². The van der Waals surface area contributed by atoms with Crippen LogP contribution in [-0.4, -0.2) is 21.4 Å². The van der Waals surface area contributed by atoms with Crippen molar-refractivity contribution in [2.45, 2.75) is 90.5 Å². The zero-order valence-electron chi connectivity index (χ0n) is 20.5. The van der Waals surface area contributed by atoms with E-state index in [2.05, 4.69) is 26.5 Å². The average Bonchev–Trinajstić information content (AvgIpc) is 3.24. The van der Waals surface area contributed by atoms with Crippen molar-refractivity contribution in [2.75, 3.05) is 0 Å². The van der Waals surface area contributed by atoms with Crippen molar-refractivity contribution in [3.8, 4) is 0 Å². The van der Waals surface area contributed by atoms with Gasteiger partial charge in [-0.15, -0.1) is 0 Å². The number of alkyl halides is 3. The van der Waals surface area contributed by atoms with Crippen LogP contribution in [0.2, 0.25) is 0 Å². The Morgan fingerprint density at radius 1 is 1.32 bits per heavy atom. The van der Waals surface area contributed by atoms with Crippen molar-refractivity contribution in [3.05, 3.63) is 70.6 Å². The maximum Gasteiger partial charge on any atom is 0.416 e. The summed E-state index contributed by atoms with van der Waals surface area (Å²) in [5, 5.41) is 22.5. The third-order valence-electron chi connectivity index (χ3n) is 6.63. The lowest BCUT2D eigenvalue weighted by molar-refractivity contribution is -0.0882. The molecule has 34 heavy (non-hydrogen) atoms. The van der Waals surface area contributed by atoms with Crippen molar-refractivity contribution in [3.63, 3.8) is 0 Å². The lowest BCUT2D eigenvalue weighted by atomic mass is 9.71. The monoisotopic (exact) mass is 475 g/mol. The van der Waals surface area contributed by atoms with Gasteiger partial charge in [0.1, 0.15) is 0 Å². The lowest BCUT2D eigenvalue weighted by Gasteiger charge is -2.37. The van der Waals surface area contributed by atoms with E-state index < -0.39 is 24.0 Å². The van der Waals surface area contributed by atoms with E-state index in [0.29, 0.717) is 12.0 Å². The first kappa shape index (κ1) is 26.4. The summed E-state index contributed by atoms with van der Waals surface area (Å²) in [5.41, 5.74) is 4.11. The van der Waals surface area contributed by atoms with E-state index in [9.17, 15) is 23.4 Å². The van der Waals surface area contributed by atoms with E-state index in [1.165, 1.54) is 6.08 Å². The van der Waals surface area contributed by atoms with Gasteiger partial charge in [0.2, 0.25) is 0 Å². The van der Waals surface area contributed by atoms with Gasteiger partial charge in [0.25, 0.3) is 0 Å². The Hall–Kier alpha value is -2.18. The molecule has 3 nitrogen and oxygen atoms in total. The second kappa shape index (κ2) is 10.2. The molecule has 0 amide bonds. The molecule has 0 aromatic carbocycles. The Labute approximate surface area is 200 Å². The summed E-state index contributed by atoms with van der Waals surface area (Å²) in [6.45, 7) is 11.6. The van der Waals surface area contributed by atoms with Crippen LogP contribution in [0.25, 0.3) is 5.57 Å². The van der Waals surface area contributed by atoms with Gasteiger partial charge >= 0.3 is 6.18 Å². The SMILES string of the molecule is C=C/C=C(\C=C/CC(O)c1c(C(C)C)nc2c(c1C1=CCCC1)C(O)CC(C)(C)C2)C(F)(F)F. The number of aromatic nitrogens is 1. The van der Waals surface area contributed by atoms with Crippen LogP contribution in [0.4, 0.5) is 13.2 Å². The molecule has 1 heterocycles. The molecule has 0 saturated carbocycles. The summed E-state index contributed by atoms with van der Waals surface area (Å²) in [7, 11) is 0. The van der Waals surface area contributed by atoms with Crippen LogP contribution >= 0.6 is 0 Å². The molecule has 0 aliphatic heterocycles. The standard InChI is InChI=1S/C28H36F3NO2/c1-6-10-19(28(29,30)31)13-9-14-21(33)25-23(18-11-7-8-12-18)24-20(32-26(25)17(2)3)15-27(4,5)16-22(24)34/h6,9-11,13,17,21-22,33-34H,1,7-8,12,14-16H2,2-5H3/b13-9-,19-10+. The van der Waals surface area contributed by atoms with Gasteiger partial charge in [-0.25, -0.2) is 0 Å². The predicted octanol–water partition coefficient (Wildman–Crippen LogP) is 7.43. The molecular weight excluding hydrogens is 439 g/mol. The predicted molar refractivity (Wildman–Crippen MR) is 130 cm³/mol. The van der Waals surface area contributed by atoms with E-state index in [4.69, 9.17) is 4.98 Å². The molecule has 0 saturated heterocycles. The molecule has 1 aromatic heterocycles. The van der Waals surface area contributed by atoms with Gasteiger partial charge < -0.3 is 10.2 Å². The highest BCUT2D eigenvalue weighted by atomic mass is 19.4. The Bertz CT molecular complexity index is 1020. The normalized spacial score (nSPS) is 21.6. The molecule has 2 unspecified atom stereocenters. The molecule has 0 spiro atoms. The van der Waals surface area contributed by atoms with E-state index in [-0.39, 0.29) is 17.8 Å². The first-order valence-corrected chi connectivity index (χ1v) is 12.0. The Morgan fingerprint density at radius 3 is 2.59 bits per heavy atom. The van der Waals surface area contributed by atoms with E-state index >= 15 is 0 Å². The smallest absolute Gasteiger partial charge is 0.388 e. The maximum absolute atomic E-state index is 13.2. The van der Waals surface area contributed by atoms with Crippen molar-refractivity contribution in [1.29, 1.82) is 0 Å². The van der Waals surface area contributed by atoms with Crippen molar-refractivity contribution in [2.24, 2.45) is 5.41 Å². The summed E-state index contributed by atoms with van der Waals surface area (Å²) in [6.07, 6.45) is 4.39. The second-order valence-electron chi connectivity index (χ2n) is 10.5. The zero-order valence-corrected chi connectivity index (χ0v) is 20.5. The zero-order chi connectivity index (χ0) is 25.3. The Morgan fingerprint density at radius 2 is 2.03 bits per heavy atom. The topological polar surface area (TPSA) is 53.4 Å². The summed E-state index contributed by atoms with van der Waals surface area (Å²) in [4.78, 5) is 4.95. The maximum atomic E-state index is 13.2. The Balaban J connectivity index is 2.12. The summed E-state index contributed by atoms with van der Waals surface area (Å²) in [6, 6.07) is 0. The van der Waals surface area contributed by atoms with Gasteiger partial charge in [0.05, 0.1) is 17.8 Å². The summed E-state index contributed by atoms with van der Waals surface area (Å²) in [5.74, 6) is 0.00765. The van der Waals surface area contributed by atoms with Crippen LogP contribution < -0.4 is 0 Å². The average molecular weight is 476 g/mol. The van der Waals surface area contributed by atoms with Gasteiger partial charge in [-0.05, 0) is 61.0 Å². The fourth-order valence-electron chi connectivity index (χ4n) is 5.16. The number of hydrogen-bond acceptors (Lipinski definition) is 3. The van der Waals surface area contributed by atoms with Gasteiger partial charge in [-0.3, -0.25) is 4.98 Å². The molecule has 6 heteroatoms. The molecule has 0 fully saturated rings. The van der Waals surface area contributed by atoms with Crippen LogP contribution in [0.5, 0.6) is 0 Å². The van der Waals surface area contributed by atoms with Crippen molar-refractivity contribution < 1.29 is 23.4 Å². The number of nitrogens with zero attached hydrogens (tertiary/aromatic N) is 1. The van der Waals surface area contributed by atoms with Gasteiger partial charge in [-0.2, -0.15) is 13.2 Å². The molecule has 2 aliphatic carbocycles. The minimum Gasteiger partial charge on any atom is -0.388 e. The second-order valence-corrected chi connectivity index (χ2v) is 10.5. The molecule has 0 radical (unpaired) electrons. The Kier molecular flexibility index (Phi) is 7.93. The number of allylic oxidation sites excluding steroid dienone is 6. The molecule has 0 bridgehead atoms. The van der Waals surface area contributed by atoms with Crippen LogP contribution in [-0.2, 0) is 6.42 Å². The summed E-state index contributed by atoms with van der Waals surface area (Å²) >= 11 is 0. The third kappa shape index (κ3) is 5.72. The fourth-order valence-corrected chi connectivity index (χ4v) is 5.16. The van der Waals surface area contributed by atoms with Crippen LogP contribution in [0, 0.1) is 5.41 Å². The number of aliphatic hydroxyl groups excluding tert-OH is 2. The van der Waals surface area contributed by atoms with E-state index in [1.807, 2.05) is 13.8 Å². The van der Waals surface area contributed by atoms with Gasteiger partial charge in [0, 0.05) is 22.5 Å². The summed E-state index contributed by atoms with van der Waals surface area (Å²) < 4.78 is 39.6. The first-order chi connectivity index (χ1) is 15.9. The highest BCUT2D eigenvalue weighted by Gasteiger charge is 2.38. The molecule has 2 atom stereocenters. The number of aliphatic hydroxyl groups is 2. The number of hydrogen-bond donors (Lipinski definition) is 2. The third-order valence-corrected chi connectivity index (χ3v) is 6.63. The van der Waals surface area contributed by atoms with Gasteiger partial charge in [0.15, 0.2) is 0 Å². The highest BCUT2D eigenvalue weighted by molar-refractivity contribution is 5.75. The van der Waals surface area contributed by atoms with E-state index in [0.717, 1.165) is 72.0 Å². The molecule has 186 valence electrons. The van der Waals surface area contributed by atoms with Crippen molar-refractivity contribution >= 4 is 5.57 Å². The first-order valence-electron chi connectivity index (χ1n) is 12.0. The van der Waals surface area contributed by atoms with E-state index in [1.54, 1.807) is 0 Å². The molecule has 2 aliphatic rings. The fraction of sp³-hybridized carbons (Fsp3) is 0.536. The molecule has 2 N–H and O–H groups in total. The number of fused-ring (bicyclic) bond motifs is 1. The van der Waals surface area contributed by atoms with Crippen LogP contribution in [0.1, 0.15) is 106 Å². The lowest BCUT2D eigenvalue weighted by Crippen LogP contribution is -2.29. The number of pyridine rings is 1. The largest absolute Gasteiger partial charge is 0.416 e. The van der Waals surface area contributed by atoms with Gasteiger partial charge in [-0.1, -0.05) is 64.7 Å². The number of halogens is 3. The number of rotatable bonds is 7. The molecule has 1 aromatic rings. The molecule has 3 rings (SSSR count). The minimum atomic E-state index is -4.50. The van der Waals surface area contributed by atoms with Crippen molar-refractivity contribution in [1.82, 2.24) is 4.98 Å². The molecular formula is C28H36F3NO2. The highest BCUT2D eigenvalue weighted by Crippen LogP contribution is 2.48. The quantitative estimate of drug-likeness (QED) is 0.403.